The lowest BCUT2D eigenvalue weighted by Gasteiger charge is -2.25. The average molecular weight is 245 g/mol. The first-order valence-electron chi connectivity index (χ1n) is 6.74. The summed E-state index contributed by atoms with van der Waals surface area (Å²) in [5, 5.41) is 0. The smallest absolute Gasteiger partial charge is 0.226 e. The second-order valence-corrected chi connectivity index (χ2v) is 5.24. The highest BCUT2D eigenvalue weighted by molar-refractivity contribution is 5.81. The normalized spacial score (nSPS) is 23.2. The molecule has 1 aliphatic heterocycles. The predicted octanol–water partition coefficient (Wildman–Crippen LogP) is 2.77. The van der Waals surface area contributed by atoms with Gasteiger partial charge in [0.1, 0.15) is 5.75 Å². The van der Waals surface area contributed by atoms with Crippen molar-refractivity contribution >= 4 is 5.91 Å². The summed E-state index contributed by atoms with van der Waals surface area (Å²) in [7, 11) is 1.67. The number of hydrogen-bond acceptors (Lipinski definition) is 2. The van der Waals surface area contributed by atoms with Gasteiger partial charge in [0.25, 0.3) is 0 Å². The second-order valence-electron chi connectivity index (χ2n) is 5.24. The summed E-state index contributed by atoms with van der Waals surface area (Å²) in [6, 6.07) is 8.41. The molecule has 0 unspecified atom stereocenters. The summed E-state index contributed by atoms with van der Waals surface area (Å²) in [5.74, 6) is 1.56. The Morgan fingerprint density at radius 1 is 1.22 bits per heavy atom. The number of amides is 1. The first-order valence-corrected chi connectivity index (χ1v) is 6.74. The molecule has 2 aliphatic rings. The molecule has 0 radical (unpaired) electrons. The van der Waals surface area contributed by atoms with E-state index in [1.54, 1.807) is 7.11 Å². The Kier molecular flexibility index (Phi) is 2.98. The minimum atomic E-state index is 0.281. The third kappa shape index (κ3) is 2.09. The molecule has 1 saturated heterocycles. The predicted molar refractivity (Wildman–Crippen MR) is 69.4 cm³/mol. The Bertz CT molecular complexity index is 436. The quantitative estimate of drug-likeness (QED) is 0.819. The average Bonchev–Trinajstić information content (AvgIpc) is 3.15. The van der Waals surface area contributed by atoms with Crippen molar-refractivity contribution in [3.63, 3.8) is 0 Å². The van der Waals surface area contributed by atoms with Crippen molar-refractivity contribution in [3.8, 4) is 5.75 Å². The van der Waals surface area contributed by atoms with Gasteiger partial charge in [0.15, 0.2) is 0 Å². The molecule has 3 rings (SSSR count). The molecule has 3 nitrogen and oxygen atoms in total. The van der Waals surface area contributed by atoms with Gasteiger partial charge in [0, 0.05) is 12.5 Å². The van der Waals surface area contributed by atoms with Gasteiger partial charge in [-0.3, -0.25) is 4.79 Å². The standard InChI is InChI=1S/C15H19NO2/c1-18-13-8-6-11(7-9-13)14-3-2-10-16(14)15(17)12-4-5-12/h6-9,12,14H,2-5,10H2,1H3/t14-/m0/s1. The van der Waals surface area contributed by atoms with E-state index >= 15 is 0 Å². The van der Waals surface area contributed by atoms with Gasteiger partial charge in [0.2, 0.25) is 5.91 Å². The lowest BCUT2D eigenvalue weighted by molar-refractivity contribution is -0.133. The molecule has 1 atom stereocenters. The van der Waals surface area contributed by atoms with Crippen LogP contribution in [0.3, 0.4) is 0 Å². The van der Waals surface area contributed by atoms with E-state index in [0.717, 1.165) is 38.0 Å². The Morgan fingerprint density at radius 3 is 2.56 bits per heavy atom. The SMILES string of the molecule is COc1ccc([C@@H]2CCCN2C(=O)C2CC2)cc1. The minimum absolute atomic E-state index is 0.281. The Labute approximate surface area is 108 Å². The fourth-order valence-electron chi connectivity index (χ4n) is 2.77. The first-order chi connectivity index (χ1) is 8.79. The zero-order valence-corrected chi connectivity index (χ0v) is 10.8. The number of nitrogens with zero attached hydrogens (tertiary/aromatic N) is 1. The number of methoxy groups -OCH3 is 1. The molecule has 0 N–H and O–H groups in total. The van der Waals surface area contributed by atoms with Crippen LogP contribution in [0.4, 0.5) is 0 Å². The summed E-state index contributed by atoms with van der Waals surface area (Å²) in [4.78, 5) is 14.3. The molecule has 1 heterocycles. The molecule has 1 aliphatic carbocycles. The maximum Gasteiger partial charge on any atom is 0.226 e. The van der Waals surface area contributed by atoms with Crippen LogP contribution in [0.15, 0.2) is 24.3 Å². The van der Waals surface area contributed by atoms with Crippen molar-refractivity contribution in [2.45, 2.75) is 31.7 Å². The number of likely N-dealkylation sites (tertiary alicyclic amines) is 1. The third-order valence-electron chi connectivity index (χ3n) is 3.96. The highest BCUT2D eigenvalue weighted by atomic mass is 16.5. The molecule has 0 aromatic heterocycles. The van der Waals surface area contributed by atoms with Crippen LogP contribution >= 0.6 is 0 Å². The highest BCUT2D eigenvalue weighted by Gasteiger charge is 2.38. The van der Waals surface area contributed by atoms with Gasteiger partial charge in [-0.2, -0.15) is 0 Å². The van der Waals surface area contributed by atoms with Crippen molar-refractivity contribution in [2.24, 2.45) is 5.92 Å². The Balaban J connectivity index is 1.78. The fourth-order valence-corrected chi connectivity index (χ4v) is 2.77. The lowest BCUT2D eigenvalue weighted by Crippen LogP contribution is -2.31. The molecule has 2 fully saturated rings. The molecular weight excluding hydrogens is 226 g/mol. The lowest BCUT2D eigenvalue weighted by atomic mass is 10.0. The van der Waals surface area contributed by atoms with Gasteiger partial charge in [-0.05, 0) is 43.4 Å². The zero-order valence-electron chi connectivity index (χ0n) is 10.8. The summed E-state index contributed by atoms with van der Waals surface area (Å²) < 4.78 is 5.17. The van der Waals surface area contributed by atoms with Gasteiger partial charge in [-0.1, -0.05) is 12.1 Å². The maximum absolute atomic E-state index is 12.2. The van der Waals surface area contributed by atoms with E-state index < -0.39 is 0 Å². The van der Waals surface area contributed by atoms with E-state index in [9.17, 15) is 4.79 Å². The van der Waals surface area contributed by atoms with Crippen LogP contribution in [-0.4, -0.2) is 24.5 Å². The molecule has 3 heteroatoms. The van der Waals surface area contributed by atoms with Gasteiger partial charge in [-0.15, -0.1) is 0 Å². The molecule has 96 valence electrons. The van der Waals surface area contributed by atoms with Crippen LogP contribution in [-0.2, 0) is 4.79 Å². The number of rotatable bonds is 3. The minimum Gasteiger partial charge on any atom is -0.497 e. The van der Waals surface area contributed by atoms with Gasteiger partial charge in [0.05, 0.1) is 13.2 Å². The van der Waals surface area contributed by atoms with Crippen molar-refractivity contribution in [1.82, 2.24) is 4.90 Å². The number of benzene rings is 1. The summed E-state index contributed by atoms with van der Waals surface area (Å²) in [5.41, 5.74) is 1.24. The second kappa shape index (κ2) is 4.63. The topological polar surface area (TPSA) is 29.5 Å². The van der Waals surface area contributed by atoms with Crippen LogP contribution in [0.1, 0.15) is 37.3 Å². The summed E-state index contributed by atoms with van der Waals surface area (Å²) in [6.07, 6.45) is 4.38. The molecule has 1 saturated carbocycles. The molecule has 0 spiro atoms. The van der Waals surface area contributed by atoms with E-state index in [0.29, 0.717) is 11.8 Å². The van der Waals surface area contributed by atoms with E-state index in [-0.39, 0.29) is 6.04 Å². The Morgan fingerprint density at radius 2 is 1.94 bits per heavy atom. The molecule has 1 amide bonds. The highest BCUT2D eigenvalue weighted by Crippen LogP contribution is 2.38. The van der Waals surface area contributed by atoms with Crippen LogP contribution in [0, 0.1) is 5.92 Å². The van der Waals surface area contributed by atoms with Gasteiger partial charge < -0.3 is 9.64 Å². The van der Waals surface area contributed by atoms with Crippen molar-refractivity contribution in [1.29, 1.82) is 0 Å². The third-order valence-corrected chi connectivity index (χ3v) is 3.96. The molecule has 18 heavy (non-hydrogen) atoms. The zero-order chi connectivity index (χ0) is 12.5. The van der Waals surface area contributed by atoms with Crippen molar-refractivity contribution in [2.75, 3.05) is 13.7 Å². The molecule has 1 aromatic carbocycles. The van der Waals surface area contributed by atoms with Crippen LogP contribution in [0.2, 0.25) is 0 Å². The molecule has 1 aromatic rings. The van der Waals surface area contributed by atoms with Gasteiger partial charge in [-0.25, -0.2) is 0 Å². The van der Waals surface area contributed by atoms with E-state index in [1.165, 1.54) is 5.56 Å². The van der Waals surface area contributed by atoms with E-state index in [1.807, 2.05) is 12.1 Å². The summed E-state index contributed by atoms with van der Waals surface area (Å²) in [6.45, 7) is 0.923. The first kappa shape index (κ1) is 11.6. The van der Waals surface area contributed by atoms with Crippen LogP contribution in [0.25, 0.3) is 0 Å². The maximum atomic E-state index is 12.2. The number of ether oxygens (including phenoxy) is 1. The molecular formula is C15H19NO2. The fraction of sp³-hybridized carbons (Fsp3) is 0.533. The van der Waals surface area contributed by atoms with Crippen LogP contribution < -0.4 is 4.74 Å². The van der Waals surface area contributed by atoms with Crippen LogP contribution in [0.5, 0.6) is 5.75 Å². The number of carbonyl (C=O) groups is 1. The van der Waals surface area contributed by atoms with E-state index in [4.69, 9.17) is 4.74 Å². The van der Waals surface area contributed by atoms with Crippen molar-refractivity contribution in [3.05, 3.63) is 29.8 Å². The number of hydrogen-bond donors (Lipinski definition) is 0. The van der Waals surface area contributed by atoms with E-state index in [2.05, 4.69) is 17.0 Å². The largest absolute Gasteiger partial charge is 0.497 e. The molecule has 0 bridgehead atoms. The Hall–Kier alpha value is -1.51. The summed E-state index contributed by atoms with van der Waals surface area (Å²) >= 11 is 0. The monoisotopic (exact) mass is 245 g/mol. The van der Waals surface area contributed by atoms with Gasteiger partial charge >= 0.3 is 0 Å². The van der Waals surface area contributed by atoms with Crippen molar-refractivity contribution < 1.29 is 9.53 Å². The number of carbonyl (C=O) groups excluding carboxylic acids is 1.